The van der Waals surface area contributed by atoms with Gasteiger partial charge in [-0.1, -0.05) is 6.08 Å². The van der Waals surface area contributed by atoms with Crippen LogP contribution in [-0.4, -0.2) is 30.8 Å². The zero-order chi connectivity index (χ0) is 14.3. The summed E-state index contributed by atoms with van der Waals surface area (Å²) in [4.78, 5) is 22.6. The number of alkyl carbamates (subject to hydrolysis) is 1. The largest absolute Gasteiger partial charge is 0.444 e. The van der Waals surface area contributed by atoms with E-state index in [2.05, 4.69) is 16.0 Å². The Morgan fingerprint density at radius 2 is 1.84 bits per heavy atom. The van der Waals surface area contributed by atoms with Gasteiger partial charge in [0.1, 0.15) is 5.60 Å². The molecule has 0 aromatic carbocycles. The van der Waals surface area contributed by atoms with Crippen LogP contribution in [0.4, 0.5) is 9.59 Å². The molecular formula is C13H23N3O3. The van der Waals surface area contributed by atoms with Gasteiger partial charge in [0, 0.05) is 19.3 Å². The molecule has 6 nitrogen and oxygen atoms in total. The Hall–Kier alpha value is -1.72. The standard InChI is InChI=1S/C13H23N3O3/c1-13(2,3)19-12(18)16-9-8-15-11(17)14-7-6-10-4-5-10/h6-7,10H,4-5,8-9H2,1-3H3,(H,16,18)(H2,14,15,17)/b7-6+. The maximum Gasteiger partial charge on any atom is 0.407 e. The van der Waals surface area contributed by atoms with Gasteiger partial charge >= 0.3 is 12.1 Å². The van der Waals surface area contributed by atoms with Crippen LogP contribution in [0.2, 0.25) is 0 Å². The SMILES string of the molecule is CC(C)(C)OC(=O)NCCNC(=O)N/C=C/C1CC1. The Balaban J connectivity index is 2.00. The molecule has 0 aromatic heterocycles. The first kappa shape index (κ1) is 15.3. The van der Waals surface area contributed by atoms with Crippen LogP contribution >= 0.6 is 0 Å². The molecule has 1 aliphatic carbocycles. The molecule has 0 heterocycles. The minimum atomic E-state index is -0.511. The molecule has 0 saturated heterocycles. The molecule has 3 N–H and O–H groups in total. The molecule has 1 saturated carbocycles. The third kappa shape index (κ3) is 8.93. The summed E-state index contributed by atoms with van der Waals surface area (Å²) in [6, 6.07) is -0.275. The minimum absolute atomic E-state index is 0.275. The Labute approximate surface area is 114 Å². The molecule has 0 unspecified atom stereocenters. The van der Waals surface area contributed by atoms with Crippen LogP contribution < -0.4 is 16.0 Å². The van der Waals surface area contributed by atoms with Crippen molar-refractivity contribution in [3.8, 4) is 0 Å². The first-order chi connectivity index (χ1) is 8.87. The van der Waals surface area contributed by atoms with E-state index in [0.29, 0.717) is 19.0 Å². The van der Waals surface area contributed by atoms with E-state index in [0.717, 1.165) is 0 Å². The van der Waals surface area contributed by atoms with Gasteiger partial charge in [-0.2, -0.15) is 0 Å². The Bertz CT molecular complexity index is 344. The topological polar surface area (TPSA) is 79.5 Å². The number of carbonyl (C=O) groups is 2. The molecule has 0 spiro atoms. The Kier molecular flexibility index (Phi) is 5.66. The smallest absolute Gasteiger partial charge is 0.407 e. The van der Waals surface area contributed by atoms with Crippen molar-refractivity contribution in [3.05, 3.63) is 12.3 Å². The molecule has 0 aromatic rings. The summed E-state index contributed by atoms with van der Waals surface area (Å²) in [5, 5.41) is 7.79. The van der Waals surface area contributed by atoms with Gasteiger partial charge in [0.25, 0.3) is 0 Å². The summed E-state index contributed by atoms with van der Waals surface area (Å²) < 4.78 is 5.05. The molecule has 3 amide bonds. The molecule has 1 aliphatic rings. The predicted molar refractivity (Wildman–Crippen MR) is 72.6 cm³/mol. The lowest BCUT2D eigenvalue weighted by Gasteiger charge is -2.19. The van der Waals surface area contributed by atoms with E-state index in [-0.39, 0.29) is 6.03 Å². The van der Waals surface area contributed by atoms with Gasteiger partial charge in [0.15, 0.2) is 0 Å². The van der Waals surface area contributed by atoms with Crippen LogP contribution in [0, 0.1) is 5.92 Å². The summed E-state index contributed by atoms with van der Waals surface area (Å²) in [5.41, 5.74) is -0.511. The van der Waals surface area contributed by atoms with Crippen LogP contribution in [-0.2, 0) is 4.74 Å². The van der Waals surface area contributed by atoms with Crippen molar-refractivity contribution in [2.45, 2.75) is 39.2 Å². The lowest BCUT2D eigenvalue weighted by molar-refractivity contribution is 0.0528. The van der Waals surface area contributed by atoms with Gasteiger partial charge in [-0.05, 0) is 39.5 Å². The lowest BCUT2D eigenvalue weighted by atomic mass is 10.2. The van der Waals surface area contributed by atoms with E-state index in [4.69, 9.17) is 4.74 Å². The van der Waals surface area contributed by atoms with Crippen LogP contribution in [0.1, 0.15) is 33.6 Å². The zero-order valence-electron chi connectivity index (χ0n) is 11.8. The number of allylic oxidation sites excluding steroid dienone is 1. The van der Waals surface area contributed by atoms with Crippen LogP contribution in [0.15, 0.2) is 12.3 Å². The van der Waals surface area contributed by atoms with Gasteiger partial charge in [-0.15, -0.1) is 0 Å². The summed E-state index contributed by atoms with van der Waals surface area (Å²) >= 11 is 0. The van der Waals surface area contributed by atoms with E-state index in [9.17, 15) is 9.59 Å². The molecule has 0 bridgehead atoms. The zero-order valence-corrected chi connectivity index (χ0v) is 11.8. The second-order valence-electron chi connectivity index (χ2n) is 5.53. The first-order valence-electron chi connectivity index (χ1n) is 6.55. The van der Waals surface area contributed by atoms with Gasteiger partial charge in [-0.25, -0.2) is 9.59 Å². The summed E-state index contributed by atoms with van der Waals surface area (Å²) in [6.07, 6.45) is 5.58. The number of rotatable bonds is 5. The Morgan fingerprint density at radius 3 is 2.42 bits per heavy atom. The van der Waals surface area contributed by atoms with E-state index < -0.39 is 11.7 Å². The van der Waals surface area contributed by atoms with Crippen molar-refractivity contribution < 1.29 is 14.3 Å². The highest BCUT2D eigenvalue weighted by Crippen LogP contribution is 2.29. The molecule has 1 fully saturated rings. The number of nitrogens with one attached hydrogen (secondary N) is 3. The number of hydrogen-bond acceptors (Lipinski definition) is 3. The Morgan fingerprint density at radius 1 is 1.21 bits per heavy atom. The highest BCUT2D eigenvalue weighted by atomic mass is 16.6. The average Bonchev–Trinajstić information content (AvgIpc) is 3.06. The number of urea groups is 1. The molecular weight excluding hydrogens is 246 g/mol. The van der Waals surface area contributed by atoms with Gasteiger partial charge in [0.05, 0.1) is 0 Å². The van der Waals surface area contributed by atoms with Crippen LogP contribution in [0.5, 0.6) is 0 Å². The molecule has 19 heavy (non-hydrogen) atoms. The summed E-state index contributed by atoms with van der Waals surface area (Å²) in [5.74, 6) is 0.633. The molecule has 1 rings (SSSR count). The third-order valence-corrected chi connectivity index (χ3v) is 2.28. The quantitative estimate of drug-likeness (QED) is 0.665. The van der Waals surface area contributed by atoms with Gasteiger partial charge in [0.2, 0.25) is 0 Å². The highest BCUT2D eigenvalue weighted by Gasteiger charge is 2.17. The second-order valence-corrected chi connectivity index (χ2v) is 5.53. The number of ether oxygens (including phenoxy) is 1. The molecule has 0 radical (unpaired) electrons. The van der Waals surface area contributed by atoms with Crippen molar-refractivity contribution in [3.63, 3.8) is 0 Å². The monoisotopic (exact) mass is 269 g/mol. The highest BCUT2D eigenvalue weighted by molar-refractivity contribution is 5.75. The van der Waals surface area contributed by atoms with Gasteiger partial charge in [-0.3, -0.25) is 0 Å². The second kappa shape index (κ2) is 7.01. The van der Waals surface area contributed by atoms with Crippen LogP contribution in [0.3, 0.4) is 0 Å². The van der Waals surface area contributed by atoms with E-state index >= 15 is 0 Å². The van der Waals surface area contributed by atoms with E-state index in [1.807, 2.05) is 6.08 Å². The summed E-state index contributed by atoms with van der Waals surface area (Å²) in [7, 11) is 0. The maximum absolute atomic E-state index is 11.3. The van der Waals surface area contributed by atoms with Crippen molar-refractivity contribution in [2.24, 2.45) is 5.92 Å². The maximum atomic E-state index is 11.3. The van der Waals surface area contributed by atoms with Crippen molar-refractivity contribution in [1.29, 1.82) is 0 Å². The van der Waals surface area contributed by atoms with Gasteiger partial charge < -0.3 is 20.7 Å². The number of amides is 3. The predicted octanol–water partition coefficient (Wildman–Crippen LogP) is 1.73. The van der Waals surface area contributed by atoms with Crippen molar-refractivity contribution in [2.75, 3.05) is 13.1 Å². The fourth-order valence-electron chi connectivity index (χ4n) is 1.25. The first-order valence-corrected chi connectivity index (χ1v) is 6.55. The fourth-order valence-corrected chi connectivity index (χ4v) is 1.25. The molecule has 0 atom stereocenters. The fraction of sp³-hybridized carbons (Fsp3) is 0.692. The molecule has 0 aliphatic heterocycles. The lowest BCUT2D eigenvalue weighted by Crippen LogP contribution is -2.40. The minimum Gasteiger partial charge on any atom is -0.444 e. The molecule has 108 valence electrons. The average molecular weight is 269 g/mol. The normalized spacial score (nSPS) is 15.1. The van der Waals surface area contributed by atoms with E-state index in [1.54, 1.807) is 27.0 Å². The van der Waals surface area contributed by atoms with E-state index in [1.165, 1.54) is 12.8 Å². The van der Waals surface area contributed by atoms with Crippen molar-refractivity contribution in [1.82, 2.24) is 16.0 Å². The molecule has 6 heteroatoms. The number of hydrogen-bond donors (Lipinski definition) is 3. The van der Waals surface area contributed by atoms with Crippen LogP contribution in [0.25, 0.3) is 0 Å². The third-order valence-electron chi connectivity index (χ3n) is 2.28. The number of carbonyl (C=O) groups excluding carboxylic acids is 2. The van der Waals surface area contributed by atoms with Crippen molar-refractivity contribution >= 4 is 12.1 Å². The summed E-state index contributed by atoms with van der Waals surface area (Å²) in [6.45, 7) is 6.07.